The van der Waals surface area contributed by atoms with Crippen LogP contribution in [0.15, 0.2) is 42.5 Å². The minimum absolute atomic E-state index is 0.00618. The summed E-state index contributed by atoms with van der Waals surface area (Å²) >= 11 is 2.23. The van der Waals surface area contributed by atoms with Crippen LogP contribution in [0.25, 0.3) is 0 Å². The van der Waals surface area contributed by atoms with E-state index in [4.69, 9.17) is 9.47 Å². The highest BCUT2D eigenvalue weighted by atomic mass is 127. The van der Waals surface area contributed by atoms with E-state index in [0.717, 1.165) is 26.9 Å². The van der Waals surface area contributed by atoms with E-state index < -0.39 is 0 Å². The molecule has 0 aliphatic carbocycles. The third kappa shape index (κ3) is 5.12. The Balaban J connectivity index is 1.95. The smallest absolute Gasteiger partial charge is 0.258 e. The van der Waals surface area contributed by atoms with Gasteiger partial charge in [0, 0.05) is 3.57 Å². The molecule has 0 fully saturated rings. The van der Waals surface area contributed by atoms with Crippen LogP contribution < -0.4 is 14.8 Å². The van der Waals surface area contributed by atoms with Crippen LogP contribution in [-0.2, 0) is 4.79 Å². The van der Waals surface area contributed by atoms with Crippen molar-refractivity contribution in [3.8, 4) is 11.5 Å². The molecule has 0 aromatic heterocycles. The fourth-order valence-electron chi connectivity index (χ4n) is 2.46. The largest absolute Gasteiger partial charge is 0.496 e. The molecule has 0 unspecified atom stereocenters. The summed E-state index contributed by atoms with van der Waals surface area (Å²) in [5.74, 6) is 1.41. The molecule has 0 spiro atoms. The molecule has 0 bridgehead atoms. The van der Waals surface area contributed by atoms with Gasteiger partial charge in [-0.1, -0.05) is 19.1 Å². The quantitative estimate of drug-likeness (QED) is 0.657. The first-order valence-electron chi connectivity index (χ1n) is 7.85. The summed E-state index contributed by atoms with van der Waals surface area (Å²) in [6, 6.07) is 13.5. The lowest BCUT2D eigenvalue weighted by Crippen LogP contribution is -2.32. The Morgan fingerprint density at radius 3 is 2.50 bits per heavy atom. The van der Waals surface area contributed by atoms with Gasteiger partial charge < -0.3 is 14.8 Å². The molecule has 128 valence electrons. The average Bonchev–Trinajstić information content (AvgIpc) is 2.59. The van der Waals surface area contributed by atoms with Gasteiger partial charge in [0.1, 0.15) is 11.5 Å². The lowest BCUT2D eigenvalue weighted by Gasteiger charge is -2.19. The summed E-state index contributed by atoms with van der Waals surface area (Å²) in [5, 5.41) is 3.02. The maximum atomic E-state index is 12.2. The van der Waals surface area contributed by atoms with Gasteiger partial charge in [-0.05, 0) is 77.4 Å². The second kappa shape index (κ2) is 8.92. The second-order valence-electron chi connectivity index (χ2n) is 5.50. The van der Waals surface area contributed by atoms with Crippen molar-refractivity contribution in [1.82, 2.24) is 5.32 Å². The molecule has 2 aromatic carbocycles. The zero-order valence-corrected chi connectivity index (χ0v) is 16.3. The number of amides is 1. The number of ether oxygens (including phenoxy) is 2. The van der Waals surface area contributed by atoms with Crippen molar-refractivity contribution < 1.29 is 14.3 Å². The molecule has 1 atom stereocenters. The fraction of sp³-hybridized carbons (Fsp3) is 0.316. The Hall–Kier alpha value is -1.76. The minimum Gasteiger partial charge on any atom is -0.496 e. The summed E-state index contributed by atoms with van der Waals surface area (Å²) in [7, 11) is 1.66. The Bertz CT molecular complexity index is 686. The molecular formula is C19H22INO3. The normalized spacial score (nSPS) is 11.7. The van der Waals surface area contributed by atoms with Crippen LogP contribution in [0.3, 0.4) is 0 Å². The van der Waals surface area contributed by atoms with E-state index in [9.17, 15) is 4.79 Å². The van der Waals surface area contributed by atoms with E-state index in [1.54, 1.807) is 7.11 Å². The summed E-state index contributed by atoms with van der Waals surface area (Å²) in [5.41, 5.74) is 2.12. The summed E-state index contributed by atoms with van der Waals surface area (Å²) in [6.07, 6.45) is 0.807. The maximum Gasteiger partial charge on any atom is 0.258 e. The molecule has 4 nitrogen and oxygen atoms in total. The van der Waals surface area contributed by atoms with Crippen LogP contribution in [0, 0.1) is 10.5 Å². The van der Waals surface area contributed by atoms with Gasteiger partial charge in [0.05, 0.1) is 13.2 Å². The standard InChI is InChI=1S/C19H22INO3/c1-4-17(14-5-10-18(23-3)13(2)11-14)21-19(22)12-24-16-8-6-15(20)7-9-16/h5-11,17H,4,12H2,1-3H3,(H,21,22)/t17-/m1/s1. The molecule has 0 aliphatic heterocycles. The summed E-state index contributed by atoms with van der Waals surface area (Å²) in [4.78, 5) is 12.2. The van der Waals surface area contributed by atoms with E-state index in [1.807, 2.05) is 56.3 Å². The topological polar surface area (TPSA) is 47.6 Å². The van der Waals surface area contributed by atoms with Crippen LogP contribution in [0.4, 0.5) is 0 Å². The van der Waals surface area contributed by atoms with Crippen LogP contribution in [0.1, 0.15) is 30.5 Å². The molecule has 0 aliphatic rings. The molecule has 24 heavy (non-hydrogen) atoms. The second-order valence-corrected chi connectivity index (χ2v) is 6.75. The number of methoxy groups -OCH3 is 1. The lowest BCUT2D eigenvalue weighted by atomic mass is 10.0. The van der Waals surface area contributed by atoms with Gasteiger partial charge >= 0.3 is 0 Å². The number of hydrogen-bond acceptors (Lipinski definition) is 3. The molecule has 0 heterocycles. The first-order chi connectivity index (χ1) is 11.5. The van der Waals surface area contributed by atoms with E-state index in [-0.39, 0.29) is 18.6 Å². The third-order valence-corrected chi connectivity index (χ3v) is 4.47. The maximum absolute atomic E-state index is 12.2. The molecule has 0 saturated heterocycles. The van der Waals surface area contributed by atoms with Crippen molar-refractivity contribution in [2.75, 3.05) is 13.7 Å². The van der Waals surface area contributed by atoms with E-state index in [2.05, 4.69) is 27.9 Å². The van der Waals surface area contributed by atoms with Gasteiger partial charge in [0.2, 0.25) is 0 Å². The number of halogens is 1. The average molecular weight is 439 g/mol. The molecular weight excluding hydrogens is 417 g/mol. The number of nitrogens with one attached hydrogen (secondary N) is 1. The van der Waals surface area contributed by atoms with Gasteiger partial charge in [-0.25, -0.2) is 0 Å². The Morgan fingerprint density at radius 1 is 1.21 bits per heavy atom. The van der Waals surface area contributed by atoms with Crippen LogP contribution >= 0.6 is 22.6 Å². The van der Waals surface area contributed by atoms with Gasteiger partial charge in [-0.2, -0.15) is 0 Å². The molecule has 5 heteroatoms. The van der Waals surface area contributed by atoms with Crippen molar-refractivity contribution in [2.45, 2.75) is 26.3 Å². The van der Waals surface area contributed by atoms with E-state index in [1.165, 1.54) is 0 Å². The zero-order valence-electron chi connectivity index (χ0n) is 14.1. The van der Waals surface area contributed by atoms with Crippen LogP contribution in [0.5, 0.6) is 11.5 Å². The van der Waals surface area contributed by atoms with Crippen molar-refractivity contribution in [2.24, 2.45) is 0 Å². The predicted octanol–water partition coefficient (Wildman–Crippen LogP) is 4.25. The Kier molecular flexibility index (Phi) is 6.90. The number of benzene rings is 2. The zero-order chi connectivity index (χ0) is 17.5. The highest BCUT2D eigenvalue weighted by Crippen LogP contribution is 2.24. The lowest BCUT2D eigenvalue weighted by molar-refractivity contribution is -0.123. The van der Waals surface area contributed by atoms with Crippen molar-refractivity contribution in [3.05, 3.63) is 57.2 Å². The molecule has 0 radical (unpaired) electrons. The minimum atomic E-state index is -0.131. The molecule has 1 amide bonds. The highest BCUT2D eigenvalue weighted by molar-refractivity contribution is 14.1. The first-order valence-corrected chi connectivity index (χ1v) is 8.93. The van der Waals surface area contributed by atoms with Gasteiger partial charge in [0.15, 0.2) is 6.61 Å². The first kappa shape index (κ1) is 18.6. The van der Waals surface area contributed by atoms with Crippen molar-refractivity contribution >= 4 is 28.5 Å². The van der Waals surface area contributed by atoms with E-state index in [0.29, 0.717) is 5.75 Å². The number of carbonyl (C=O) groups excluding carboxylic acids is 1. The van der Waals surface area contributed by atoms with Crippen LogP contribution in [-0.4, -0.2) is 19.6 Å². The third-order valence-electron chi connectivity index (χ3n) is 3.75. The number of rotatable bonds is 7. The Morgan fingerprint density at radius 2 is 1.92 bits per heavy atom. The number of carbonyl (C=O) groups is 1. The summed E-state index contributed by atoms with van der Waals surface area (Å²) in [6.45, 7) is 4.05. The van der Waals surface area contributed by atoms with Gasteiger partial charge in [-0.15, -0.1) is 0 Å². The number of aryl methyl sites for hydroxylation is 1. The number of hydrogen-bond donors (Lipinski definition) is 1. The van der Waals surface area contributed by atoms with E-state index >= 15 is 0 Å². The monoisotopic (exact) mass is 439 g/mol. The van der Waals surface area contributed by atoms with Gasteiger partial charge in [-0.3, -0.25) is 4.79 Å². The molecule has 1 N–H and O–H groups in total. The molecule has 2 rings (SSSR count). The Labute approximate surface area is 156 Å². The van der Waals surface area contributed by atoms with Gasteiger partial charge in [0.25, 0.3) is 5.91 Å². The molecule has 0 saturated carbocycles. The fourth-order valence-corrected chi connectivity index (χ4v) is 2.81. The van der Waals surface area contributed by atoms with Crippen molar-refractivity contribution in [1.29, 1.82) is 0 Å². The highest BCUT2D eigenvalue weighted by Gasteiger charge is 2.14. The molecule has 2 aromatic rings. The SMILES string of the molecule is CC[C@@H](NC(=O)COc1ccc(I)cc1)c1ccc(OC)c(C)c1. The van der Waals surface area contributed by atoms with Crippen LogP contribution in [0.2, 0.25) is 0 Å². The van der Waals surface area contributed by atoms with Crippen molar-refractivity contribution in [3.63, 3.8) is 0 Å². The predicted molar refractivity (Wildman–Crippen MR) is 104 cm³/mol. The summed E-state index contributed by atoms with van der Waals surface area (Å²) < 4.78 is 11.9.